The average Bonchev–Trinajstić information content (AvgIpc) is 3.23. The van der Waals surface area contributed by atoms with Crippen LogP contribution in [0, 0.1) is 17.0 Å². The second-order valence-corrected chi connectivity index (χ2v) is 7.56. The molecular formula is C20H16N4O4S. The number of hydrogen-bond donors (Lipinski definition) is 1. The minimum absolute atomic E-state index is 0.0353. The Hall–Kier alpha value is -3.72. The topological polar surface area (TPSA) is 99.2 Å². The van der Waals surface area contributed by atoms with Crippen LogP contribution in [0.1, 0.15) is 15.4 Å². The number of carbonyl (C=O) groups excluding carboxylic acids is 1. The molecule has 0 bridgehead atoms. The first-order valence-electron chi connectivity index (χ1n) is 8.70. The van der Waals surface area contributed by atoms with Crippen molar-refractivity contribution in [1.82, 2.24) is 9.36 Å². The summed E-state index contributed by atoms with van der Waals surface area (Å²) in [6.45, 7) is 1.75. The Balaban J connectivity index is 1.70. The zero-order valence-corrected chi connectivity index (χ0v) is 16.4. The molecule has 2 aromatic carbocycles. The van der Waals surface area contributed by atoms with Crippen LogP contribution in [-0.2, 0) is 7.05 Å². The molecule has 2 aromatic heterocycles. The molecule has 0 saturated heterocycles. The minimum atomic E-state index is -0.476. The van der Waals surface area contributed by atoms with Crippen molar-refractivity contribution in [3.63, 3.8) is 0 Å². The Labute approximate surface area is 168 Å². The smallest absolute Gasteiger partial charge is 0.295 e. The van der Waals surface area contributed by atoms with Gasteiger partial charge in [-0.3, -0.25) is 24.4 Å². The number of rotatable bonds is 4. The van der Waals surface area contributed by atoms with E-state index in [9.17, 15) is 19.7 Å². The molecule has 0 unspecified atom stereocenters. The summed E-state index contributed by atoms with van der Waals surface area (Å²) in [6.07, 6.45) is 0. The van der Waals surface area contributed by atoms with E-state index >= 15 is 0 Å². The first kappa shape index (κ1) is 18.6. The summed E-state index contributed by atoms with van der Waals surface area (Å²) < 4.78 is 3.92. The summed E-state index contributed by atoms with van der Waals surface area (Å²) in [4.78, 5) is 36.5. The second-order valence-electron chi connectivity index (χ2n) is 6.48. The molecular weight excluding hydrogens is 392 g/mol. The number of thiophene rings is 1. The van der Waals surface area contributed by atoms with E-state index < -0.39 is 10.8 Å². The molecule has 146 valence electrons. The van der Waals surface area contributed by atoms with E-state index in [2.05, 4.69) is 5.32 Å². The summed E-state index contributed by atoms with van der Waals surface area (Å²) in [5, 5.41) is 14.3. The van der Waals surface area contributed by atoms with E-state index in [4.69, 9.17) is 0 Å². The Morgan fingerprint density at radius 3 is 2.55 bits per heavy atom. The molecule has 4 rings (SSSR count). The zero-order valence-electron chi connectivity index (χ0n) is 15.6. The molecule has 0 spiro atoms. The van der Waals surface area contributed by atoms with Crippen molar-refractivity contribution in [2.45, 2.75) is 6.92 Å². The number of carbonyl (C=O) groups is 1. The SMILES string of the molecule is Cc1c(NC(=O)c2cc3cc([N+](=O)[O-])ccc3s2)c(=O)n(-c2ccccc2)n1C. The molecule has 1 amide bonds. The van der Waals surface area contributed by atoms with Crippen molar-refractivity contribution in [1.29, 1.82) is 0 Å². The molecule has 1 N–H and O–H groups in total. The van der Waals surface area contributed by atoms with Gasteiger partial charge in [0.15, 0.2) is 0 Å². The van der Waals surface area contributed by atoms with Gasteiger partial charge < -0.3 is 5.32 Å². The molecule has 2 heterocycles. The molecule has 8 nitrogen and oxygen atoms in total. The van der Waals surface area contributed by atoms with Crippen molar-refractivity contribution in [2.75, 3.05) is 5.32 Å². The Bertz CT molecular complexity index is 1320. The van der Waals surface area contributed by atoms with E-state index in [1.807, 2.05) is 30.3 Å². The number of para-hydroxylation sites is 1. The van der Waals surface area contributed by atoms with Gasteiger partial charge in [-0.05, 0) is 31.2 Å². The molecule has 0 aliphatic heterocycles. The third kappa shape index (κ3) is 3.21. The standard InChI is InChI=1S/C20H16N4O4S/c1-12-18(20(26)23(22(12)2)14-6-4-3-5-7-14)21-19(25)17-11-13-10-15(24(27)28)8-9-16(13)29-17/h3-11H,1-2H3,(H,21,25). The number of nitro benzene ring substituents is 1. The highest BCUT2D eigenvalue weighted by Gasteiger charge is 2.20. The first-order chi connectivity index (χ1) is 13.9. The normalized spacial score (nSPS) is 11.0. The molecule has 0 aliphatic carbocycles. The number of nitrogens with one attached hydrogen (secondary N) is 1. The molecule has 0 fully saturated rings. The average molecular weight is 408 g/mol. The van der Waals surface area contributed by atoms with Crippen molar-refractivity contribution in [3.8, 4) is 5.69 Å². The Kier molecular flexibility index (Phi) is 4.51. The lowest BCUT2D eigenvalue weighted by molar-refractivity contribution is -0.384. The van der Waals surface area contributed by atoms with E-state index in [1.54, 1.807) is 30.8 Å². The Morgan fingerprint density at radius 2 is 1.86 bits per heavy atom. The molecule has 0 aliphatic rings. The zero-order chi connectivity index (χ0) is 20.7. The van der Waals surface area contributed by atoms with Crippen molar-refractivity contribution in [3.05, 3.63) is 85.6 Å². The lowest BCUT2D eigenvalue weighted by Gasteiger charge is -2.07. The fourth-order valence-electron chi connectivity index (χ4n) is 3.14. The molecule has 29 heavy (non-hydrogen) atoms. The number of anilines is 1. The third-order valence-corrected chi connectivity index (χ3v) is 5.84. The van der Waals surface area contributed by atoms with Gasteiger partial charge in [-0.1, -0.05) is 18.2 Å². The summed E-state index contributed by atoms with van der Waals surface area (Å²) in [5.74, 6) is -0.431. The summed E-state index contributed by atoms with van der Waals surface area (Å²) in [7, 11) is 1.75. The van der Waals surface area contributed by atoms with Crippen LogP contribution in [0.4, 0.5) is 11.4 Å². The van der Waals surface area contributed by atoms with Crippen molar-refractivity contribution >= 4 is 38.7 Å². The van der Waals surface area contributed by atoms with Crippen molar-refractivity contribution < 1.29 is 9.72 Å². The van der Waals surface area contributed by atoms with Gasteiger partial charge in [0.1, 0.15) is 5.69 Å². The van der Waals surface area contributed by atoms with Crippen LogP contribution in [0.5, 0.6) is 0 Å². The van der Waals surface area contributed by atoms with Crippen molar-refractivity contribution in [2.24, 2.45) is 7.05 Å². The monoisotopic (exact) mass is 408 g/mol. The van der Waals surface area contributed by atoms with Gasteiger partial charge in [0.2, 0.25) is 0 Å². The molecule has 4 aromatic rings. The highest BCUT2D eigenvalue weighted by molar-refractivity contribution is 7.20. The maximum absolute atomic E-state index is 12.9. The number of aromatic nitrogens is 2. The quantitative estimate of drug-likeness (QED) is 0.409. The van der Waals surface area contributed by atoms with Gasteiger partial charge in [0.05, 0.1) is 21.2 Å². The van der Waals surface area contributed by atoms with E-state index in [1.165, 1.54) is 28.2 Å². The third-order valence-electron chi connectivity index (χ3n) is 4.73. The fraction of sp³-hybridized carbons (Fsp3) is 0.100. The predicted octanol–water partition coefficient (Wildman–Crippen LogP) is 3.86. The largest absolute Gasteiger partial charge is 0.315 e. The van der Waals surface area contributed by atoms with Gasteiger partial charge in [0.25, 0.3) is 17.2 Å². The summed E-state index contributed by atoms with van der Waals surface area (Å²) >= 11 is 1.21. The van der Waals surface area contributed by atoms with Gasteiger partial charge in [-0.2, -0.15) is 0 Å². The second kappa shape index (κ2) is 7.02. The minimum Gasteiger partial charge on any atom is -0.315 e. The highest BCUT2D eigenvalue weighted by Crippen LogP contribution is 2.29. The van der Waals surface area contributed by atoms with Crippen LogP contribution in [0.15, 0.2) is 59.4 Å². The van der Waals surface area contributed by atoms with E-state index in [-0.39, 0.29) is 16.9 Å². The van der Waals surface area contributed by atoms with Crippen LogP contribution >= 0.6 is 11.3 Å². The van der Waals surface area contributed by atoms with E-state index in [0.29, 0.717) is 21.6 Å². The summed E-state index contributed by atoms with van der Waals surface area (Å²) in [6, 6.07) is 15.2. The lowest BCUT2D eigenvalue weighted by Crippen LogP contribution is -2.22. The fourth-order valence-corrected chi connectivity index (χ4v) is 4.08. The van der Waals surface area contributed by atoms with Crippen LogP contribution in [0.2, 0.25) is 0 Å². The van der Waals surface area contributed by atoms with Gasteiger partial charge in [-0.25, -0.2) is 4.68 Å². The number of nitrogens with zero attached hydrogens (tertiary/aromatic N) is 3. The van der Waals surface area contributed by atoms with Gasteiger partial charge >= 0.3 is 0 Å². The van der Waals surface area contributed by atoms with Gasteiger partial charge in [0, 0.05) is 29.3 Å². The van der Waals surface area contributed by atoms with Crippen LogP contribution in [0.3, 0.4) is 0 Å². The highest BCUT2D eigenvalue weighted by atomic mass is 32.1. The molecule has 0 saturated carbocycles. The number of benzene rings is 2. The van der Waals surface area contributed by atoms with Crippen LogP contribution in [-0.4, -0.2) is 20.2 Å². The summed E-state index contributed by atoms with van der Waals surface area (Å²) in [5.41, 5.74) is 1.14. The molecule has 0 atom stereocenters. The molecule has 9 heteroatoms. The molecule has 0 radical (unpaired) electrons. The van der Waals surface area contributed by atoms with E-state index in [0.717, 1.165) is 4.70 Å². The number of non-ortho nitro benzene ring substituents is 1. The maximum atomic E-state index is 12.9. The predicted molar refractivity (Wildman–Crippen MR) is 112 cm³/mol. The maximum Gasteiger partial charge on any atom is 0.295 e. The van der Waals surface area contributed by atoms with Crippen LogP contribution in [0.25, 0.3) is 15.8 Å². The number of nitro groups is 1. The number of hydrogen-bond acceptors (Lipinski definition) is 5. The Morgan fingerprint density at radius 1 is 1.14 bits per heavy atom. The number of amides is 1. The van der Waals surface area contributed by atoms with Crippen LogP contribution < -0.4 is 10.9 Å². The van der Waals surface area contributed by atoms with Gasteiger partial charge in [-0.15, -0.1) is 11.3 Å². The lowest BCUT2D eigenvalue weighted by atomic mass is 10.2. The number of fused-ring (bicyclic) bond motifs is 1. The first-order valence-corrected chi connectivity index (χ1v) is 9.52.